The van der Waals surface area contributed by atoms with Crippen LogP contribution in [0.3, 0.4) is 0 Å². The van der Waals surface area contributed by atoms with Crippen LogP contribution in [-0.2, 0) is 11.3 Å². The number of rotatable bonds is 8. The van der Waals surface area contributed by atoms with E-state index in [1.165, 1.54) is 31.5 Å². The summed E-state index contributed by atoms with van der Waals surface area (Å²) in [7, 11) is 0. The van der Waals surface area contributed by atoms with Gasteiger partial charge in [0, 0.05) is 13.5 Å². The third kappa shape index (κ3) is 4.91. The van der Waals surface area contributed by atoms with Gasteiger partial charge < -0.3 is 14.1 Å². The summed E-state index contributed by atoms with van der Waals surface area (Å²) in [5.41, 5.74) is 1.04. The lowest BCUT2D eigenvalue weighted by Crippen LogP contribution is -2.32. The van der Waals surface area contributed by atoms with Gasteiger partial charge in [0.05, 0.1) is 25.0 Å². The Balaban J connectivity index is 1.55. The first-order chi connectivity index (χ1) is 13.5. The highest BCUT2D eigenvalue weighted by Crippen LogP contribution is 2.23. The Morgan fingerprint density at radius 1 is 1.18 bits per heavy atom. The van der Waals surface area contributed by atoms with Crippen molar-refractivity contribution in [2.45, 2.75) is 13.5 Å². The molecule has 0 radical (unpaired) electrons. The van der Waals surface area contributed by atoms with E-state index in [1.807, 2.05) is 30.3 Å². The predicted octanol–water partition coefficient (Wildman–Crippen LogP) is 3.07. The Kier molecular flexibility index (Phi) is 5.95. The molecule has 3 rings (SSSR count). The highest BCUT2D eigenvalue weighted by atomic mass is 16.6. The monoisotopic (exact) mass is 382 g/mol. The lowest BCUT2D eigenvalue weighted by atomic mass is 10.2. The molecular weight excluding hydrogens is 364 g/mol. The van der Waals surface area contributed by atoms with Gasteiger partial charge in [0.15, 0.2) is 17.3 Å². The third-order valence-corrected chi connectivity index (χ3v) is 3.91. The summed E-state index contributed by atoms with van der Waals surface area (Å²) >= 11 is 0. The molecule has 0 saturated carbocycles. The summed E-state index contributed by atoms with van der Waals surface area (Å²) in [4.78, 5) is 31.7. The topological polar surface area (TPSA) is 112 Å². The van der Waals surface area contributed by atoms with Crippen LogP contribution >= 0.6 is 0 Å². The van der Waals surface area contributed by atoms with Gasteiger partial charge in [0.25, 0.3) is 0 Å². The molecule has 0 saturated heterocycles. The van der Waals surface area contributed by atoms with E-state index in [-0.39, 0.29) is 30.0 Å². The smallest absolute Gasteiger partial charge is 0.433 e. The molecule has 28 heavy (non-hydrogen) atoms. The van der Waals surface area contributed by atoms with E-state index in [4.69, 9.17) is 9.15 Å². The molecule has 2 aromatic heterocycles. The zero-order valence-corrected chi connectivity index (χ0v) is 15.1. The van der Waals surface area contributed by atoms with Crippen LogP contribution in [0.1, 0.15) is 12.5 Å². The van der Waals surface area contributed by atoms with Crippen molar-refractivity contribution in [1.29, 1.82) is 0 Å². The fraction of sp³-hybridized carbons (Fsp3) is 0.211. The number of amides is 1. The molecule has 0 unspecified atom stereocenters. The summed E-state index contributed by atoms with van der Waals surface area (Å²) in [6, 6.07) is 12.4. The summed E-state index contributed by atoms with van der Waals surface area (Å²) in [6.45, 7) is 2.72. The Morgan fingerprint density at radius 3 is 2.50 bits per heavy atom. The number of carbonyl (C=O) groups excluding carboxylic acids is 1. The zero-order valence-electron chi connectivity index (χ0n) is 15.1. The Morgan fingerprint density at radius 2 is 1.89 bits per heavy atom. The van der Waals surface area contributed by atoms with Gasteiger partial charge in [-0.2, -0.15) is 0 Å². The number of nitro groups is 1. The maximum absolute atomic E-state index is 11.8. The molecule has 0 bridgehead atoms. The van der Waals surface area contributed by atoms with Crippen LogP contribution in [0.15, 0.2) is 59.3 Å². The van der Waals surface area contributed by atoms with Crippen molar-refractivity contribution in [3.63, 3.8) is 0 Å². The number of ether oxygens (including phenoxy) is 1. The second-order valence-corrected chi connectivity index (χ2v) is 5.91. The molecule has 3 aromatic rings. The van der Waals surface area contributed by atoms with Crippen molar-refractivity contribution >= 4 is 11.8 Å². The zero-order chi connectivity index (χ0) is 19.9. The van der Waals surface area contributed by atoms with Crippen molar-refractivity contribution in [2.24, 2.45) is 0 Å². The molecule has 1 aromatic carbocycles. The quantitative estimate of drug-likeness (QED) is 0.435. The molecule has 0 fully saturated rings. The number of hydrogen-bond acceptors (Lipinski definition) is 7. The van der Waals surface area contributed by atoms with Crippen LogP contribution in [0.25, 0.3) is 11.6 Å². The fourth-order valence-electron chi connectivity index (χ4n) is 2.49. The first-order valence-electron chi connectivity index (χ1n) is 8.52. The molecule has 9 heteroatoms. The molecule has 0 N–H and O–H groups in total. The van der Waals surface area contributed by atoms with Crippen molar-refractivity contribution < 1.29 is 18.9 Å². The molecule has 1 amide bonds. The Hall–Kier alpha value is -3.75. The molecule has 9 nitrogen and oxygen atoms in total. The first-order valence-corrected chi connectivity index (χ1v) is 8.52. The van der Waals surface area contributed by atoms with Gasteiger partial charge in [0.2, 0.25) is 5.91 Å². The number of carbonyl (C=O) groups is 1. The van der Waals surface area contributed by atoms with E-state index in [0.29, 0.717) is 18.8 Å². The van der Waals surface area contributed by atoms with E-state index < -0.39 is 4.92 Å². The maximum Gasteiger partial charge on any atom is 0.433 e. The summed E-state index contributed by atoms with van der Waals surface area (Å²) in [5, 5.41) is 10.7. The van der Waals surface area contributed by atoms with Gasteiger partial charge in [-0.15, -0.1) is 0 Å². The molecule has 0 atom stereocenters. The lowest BCUT2D eigenvalue weighted by Gasteiger charge is -2.21. The summed E-state index contributed by atoms with van der Waals surface area (Å²) < 4.78 is 10.7. The van der Waals surface area contributed by atoms with Gasteiger partial charge >= 0.3 is 5.88 Å². The highest BCUT2D eigenvalue weighted by Gasteiger charge is 2.15. The number of hydrogen-bond donors (Lipinski definition) is 0. The van der Waals surface area contributed by atoms with E-state index in [0.717, 1.165) is 5.56 Å². The molecule has 0 spiro atoms. The second kappa shape index (κ2) is 8.76. The number of aromatic nitrogens is 2. The molecule has 0 aliphatic carbocycles. The number of benzene rings is 1. The van der Waals surface area contributed by atoms with Gasteiger partial charge in [-0.1, -0.05) is 30.3 Å². The van der Waals surface area contributed by atoms with Crippen LogP contribution in [0, 0.1) is 10.1 Å². The van der Waals surface area contributed by atoms with Gasteiger partial charge in [0.1, 0.15) is 11.5 Å². The molecule has 144 valence electrons. The number of furan rings is 1. The van der Waals surface area contributed by atoms with Gasteiger partial charge in [-0.3, -0.25) is 14.9 Å². The van der Waals surface area contributed by atoms with Crippen LogP contribution in [0.4, 0.5) is 5.88 Å². The minimum absolute atomic E-state index is 0.0431. The standard InChI is InChI=1S/C19H18N4O5/c1-14(24)22(13-15-5-3-2-4-6-15)9-10-27-16-11-20-19(21-12-16)17-7-8-18(28-17)23(25)26/h2-8,11-12H,9-10,13H2,1H3. The van der Waals surface area contributed by atoms with Crippen molar-refractivity contribution in [1.82, 2.24) is 14.9 Å². The van der Waals surface area contributed by atoms with Crippen molar-refractivity contribution in [2.75, 3.05) is 13.2 Å². The van der Waals surface area contributed by atoms with Crippen LogP contribution < -0.4 is 4.74 Å². The van der Waals surface area contributed by atoms with E-state index >= 15 is 0 Å². The van der Waals surface area contributed by atoms with Gasteiger partial charge in [-0.25, -0.2) is 9.97 Å². The fourth-order valence-corrected chi connectivity index (χ4v) is 2.49. The maximum atomic E-state index is 11.8. The van der Waals surface area contributed by atoms with E-state index in [9.17, 15) is 14.9 Å². The SMILES string of the molecule is CC(=O)N(CCOc1cnc(-c2ccc([N+](=O)[O-])o2)nc1)Cc1ccccc1. The van der Waals surface area contributed by atoms with Crippen LogP contribution in [0.5, 0.6) is 5.75 Å². The third-order valence-electron chi connectivity index (χ3n) is 3.91. The Bertz CT molecular complexity index is 940. The summed E-state index contributed by atoms with van der Waals surface area (Å²) in [5.74, 6) is 0.423. The molecule has 0 aliphatic rings. The molecule has 0 aliphatic heterocycles. The average Bonchev–Trinajstić information content (AvgIpc) is 3.19. The second-order valence-electron chi connectivity index (χ2n) is 5.91. The van der Waals surface area contributed by atoms with E-state index in [1.54, 1.807) is 4.90 Å². The van der Waals surface area contributed by atoms with Crippen LogP contribution in [-0.4, -0.2) is 38.8 Å². The minimum Gasteiger partial charge on any atom is -0.489 e. The normalized spacial score (nSPS) is 10.5. The average molecular weight is 382 g/mol. The molecule has 2 heterocycles. The minimum atomic E-state index is -0.628. The number of nitrogens with zero attached hydrogens (tertiary/aromatic N) is 4. The van der Waals surface area contributed by atoms with Crippen molar-refractivity contribution in [3.05, 3.63) is 70.5 Å². The van der Waals surface area contributed by atoms with Gasteiger partial charge in [-0.05, 0) is 11.6 Å². The summed E-state index contributed by atoms with van der Waals surface area (Å²) in [6.07, 6.45) is 2.90. The highest BCUT2D eigenvalue weighted by molar-refractivity contribution is 5.73. The largest absolute Gasteiger partial charge is 0.489 e. The lowest BCUT2D eigenvalue weighted by molar-refractivity contribution is -0.401. The van der Waals surface area contributed by atoms with Crippen LogP contribution in [0.2, 0.25) is 0 Å². The molecular formula is C19H18N4O5. The first kappa shape index (κ1) is 19.0. The van der Waals surface area contributed by atoms with Crippen molar-refractivity contribution in [3.8, 4) is 17.3 Å². The Labute approximate surface area is 160 Å². The van der Waals surface area contributed by atoms with E-state index in [2.05, 4.69) is 9.97 Å². The predicted molar refractivity (Wildman–Crippen MR) is 99.4 cm³/mol.